The Morgan fingerprint density at radius 1 is 1.32 bits per heavy atom. The van der Waals surface area contributed by atoms with Crippen LogP contribution in [0.4, 0.5) is 0 Å². The van der Waals surface area contributed by atoms with E-state index in [2.05, 4.69) is 18.0 Å². The summed E-state index contributed by atoms with van der Waals surface area (Å²) in [6.45, 7) is 8.81. The van der Waals surface area contributed by atoms with Crippen molar-refractivity contribution in [3.05, 3.63) is 35.9 Å². The highest BCUT2D eigenvalue weighted by Gasteiger charge is 2.12. The van der Waals surface area contributed by atoms with E-state index in [1.54, 1.807) is 7.11 Å². The Kier molecular flexibility index (Phi) is 9.30. The van der Waals surface area contributed by atoms with Gasteiger partial charge in [-0.25, -0.2) is 0 Å². The van der Waals surface area contributed by atoms with Crippen molar-refractivity contribution < 1.29 is 19.3 Å². The number of hydrogen-bond donors (Lipinski definition) is 2. The fourth-order valence-electron chi connectivity index (χ4n) is 2.14. The fourth-order valence-corrected chi connectivity index (χ4v) is 2.14. The zero-order valence-corrected chi connectivity index (χ0v) is 13.6. The Bertz CT molecular complexity index is 449. The Morgan fingerprint density at radius 3 is 2.77 bits per heavy atom. The number of rotatable bonds is 12. The average Bonchev–Trinajstić information content (AvgIpc) is 2.53. The lowest BCUT2D eigenvalue weighted by atomic mass is 10.1. The van der Waals surface area contributed by atoms with Gasteiger partial charge in [0.15, 0.2) is 11.5 Å². The summed E-state index contributed by atoms with van der Waals surface area (Å²) in [6, 6.07) is 4.09. The highest BCUT2D eigenvalue weighted by Crippen LogP contribution is 2.33. The van der Waals surface area contributed by atoms with Crippen LogP contribution in [0.2, 0.25) is 0 Å². The summed E-state index contributed by atoms with van der Waals surface area (Å²) >= 11 is 0. The van der Waals surface area contributed by atoms with E-state index >= 15 is 0 Å². The van der Waals surface area contributed by atoms with E-state index in [0.29, 0.717) is 19.8 Å². The molecule has 0 bridgehead atoms. The quantitative estimate of drug-likeness (QED) is 0.456. The zero-order chi connectivity index (χ0) is 16.2. The van der Waals surface area contributed by atoms with Crippen LogP contribution >= 0.6 is 0 Å². The molecule has 0 atom stereocenters. The number of allylic oxidation sites excluding steroid dienone is 1. The van der Waals surface area contributed by atoms with Gasteiger partial charge in [0.2, 0.25) is 0 Å². The van der Waals surface area contributed by atoms with Crippen LogP contribution in [0.15, 0.2) is 24.8 Å². The molecule has 0 saturated heterocycles. The number of nitrogens with one attached hydrogen (secondary N) is 1. The minimum atomic E-state index is 0.0566. The Balaban J connectivity index is 2.70. The molecule has 0 aliphatic rings. The Morgan fingerprint density at radius 2 is 2.14 bits per heavy atom. The van der Waals surface area contributed by atoms with Gasteiger partial charge in [-0.05, 0) is 25.0 Å². The largest absolute Gasteiger partial charge is 0.493 e. The van der Waals surface area contributed by atoms with Gasteiger partial charge in [0.1, 0.15) is 0 Å². The monoisotopic (exact) mass is 309 g/mol. The normalized spacial score (nSPS) is 10.5. The van der Waals surface area contributed by atoms with Crippen LogP contribution in [0.1, 0.15) is 18.1 Å². The van der Waals surface area contributed by atoms with Gasteiger partial charge in [-0.2, -0.15) is 0 Å². The number of methoxy groups -OCH3 is 1. The molecule has 0 radical (unpaired) electrons. The van der Waals surface area contributed by atoms with Crippen LogP contribution in [0.5, 0.6) is 11.5 Å². The van der Waals surface area contributed by atoms with Gasteiger partial charge in [0, 0.05) is 18.7 Å². The SMILES string of the molecule is C=CCc1cc(CNCCOCCO)cc(OC)c1OCC. The minimum Gasteiger partial charge on any atom is -0.493 e. The van der Waals surface area contributed by atoms with E-state index in [1.165, 1.54) is 0 Å². The first-order valence-electron chi connectivity index (χ1n) is 7.59. The van der Waals surface area contributed by atoms with Crippen LogP contribution in [-0.2, 0) is 17.7 Å². The zero-order valence-electron chi connectivity index (χ0n) is 13.6. The number of benzene rings is 1. The summed E-state index contributed by atoms with van der Waals surface area (Å²) in [5, 5.41) is 11.9. The maximum atomic E-state index is 8.63. The topological polar surface area (TPSA) is 60.0 Å². The van der Waals surface area contributed by atoms with Crippen molar-refractivity contribution in [1.82, 2.24) is 5.32 Å². The van der Waals surface area contributed by atoms with Crippen molar-refractivity contribution in [1.29, 1.82) is 0 Å². The number of aliphatic hydroxyl groups excluding tert-OH is 1. The summed E-state index contributed by atoms with van der Waals surface area (Å²) in [7, 11) is 1.65. The highest BCUT2D eigenvalue weighted by atomic mass is 16.5. The molecule has 0 fully saturated rings. The van der Waals surface area contributed by atoms with Gasteiger partial charge in [0.25, 0.3) is 0 Å². The molecule has 0 aliphatic heterocycles. The number of hydrogen-bond acceptors (Lipinski definition) is 5. The van der Waals surface area contributed by atoms with E-state index < -0.39 is 0 Å². The van der Waals surface area contributed by atoms with E-state index in [0.717, 1.165) is 42.1 Å². The summed E-state index contributed by atoms with van der Waals surface area (Å²) in [4.78, 5) is 0. The molecule has 0 saturated carbocycles. The lowest BCUT2D eigenvalue weighted by Gasteiger charge is -2.16. The van der Waals surface area contributed by atoms with Crippen molar-refractivity contribution in [2.45, 2.75) is 19.9 Å². The van der Waals surface area contributed by atoms with Gasteiger partial charge in [-0.1, -0.05) is 12.1 Å². The smallest absolute Gasteiger partial charge is 0.164 e. The summed E-state index contributed by atoms with van der Waals surface area (Å²) < 4.78 is 16.4. The molecule has 1 aromatic carbocycles. The van der Waals surface area contributed by atoms with Crippen LogP contribution in [0.25, 0.3) is 0 Å². The molecule has 0 aliphatic carbocycles. The molecule has 1 rings (SSSR count). The molecule has 22 heavy (non-hydrogen) atoms. The molecule has 0 heterocycles. The van der Waals surface area contributed by atoms with E-state index in [4.69, 9.17) is 19.3 Å². The third kappa shape index (κ3) is 6.05. The maximum Gasteiger partial charge on any atom is 0.164 e. The lowest BCUT2D eigenvalue weighted by Crippen LogP contribution is -2.20. The molecule has 1 aromatic rings. The highest BCUT2D eigenvalue weighted by molar-refractivity contribution is 5.50. The number of aliphatic hydroxyl groups is 1. The molecule has 124 valence electrons. The van der Waals surface area contributed by atoms with Crippen LogP contribution < -0.4 is 14.8 Å². The first kappa shape index (κ1) is 18.5. The van der Waals surface area contributed by atoms with Crippen molar-refractivity contribution in [2.75, 3.05) is 40.1 Å². The first-order chi connectivity index (χ1) is 10.8. The number of ether oxygens (including phenoxy) is 3. The molecule has 0 amide bonds. The molecular weight excluding hydrogens is 282 g/mol. The van der Waals surface area contributed by atoms with Crippen molar-refractivity contribution in [2.24, 2.45) is 0 Å². The van der Waals surface area contributed by atoms with E-state index in [1.807, 2.05) is 19.1 Å². The summed E-state index contributed by atoms with van der Waals surface area (Å²) in [6.07, 6.45) is 2.59. The van der Waals surface area contributed by atoms with Crippen LogP contribution in [0, 0.1) is 0 Å². The average molecular weight is 309 g/mol. The molecule has 0 aromatic heterocycles. The molecule has 2 N–H and O–H groups in total. The second-order valence-electron chi connectivity index (χ2n) is 4.72. The standard InChI is InChI=1S/C17H27NO4/c1-4-6-15-11-14(13-18-7-9-21-10-8-19)12-16(20-3)17(15)22-5-2/h4,11-12,18-19H,1,5-10,13H2,2-3H3. The summed E-state index contributed by atoms with van der Waals surface area (Å²) in [5.41, 5.74) is 2.20. The second kappa shape index (κ2) is 11.1. The molecule has 0 unspecified atom stereocenters. The molecule has 5 heteroatoms. The van der Waals surface area contributed by atoms with Gasteiger partial charge in [-0.3, -0.25) is 0 Å². The molecular formula is C17H27NO4. The molecule has 5 nitrogen and oxygen atoms in total. The third-order valence-corrected chi connectivity index (χ3v) is 3.05. The van der Waals surface area contributed by atoms with Gasteiger partial charge < -0.3 is 24.6 Å². The van der Waals surface area contributed by atoms with Crippen molar-refractivity contribution in [3.63, 3.8) is 0 Å². The van der Waals surface area contributed by atoms with Crippen LogP contribution in [-0.4, -0.2) is 45.2 Å². The van der Waals surface area contributed by atoms with Gasteiger partial charge in [-0.15, -0.1) is 6.58 Å². The lowest BCUT2D eigenvalue weighted by molar-refractivity contribution is 0.0938. The van der Waals surface area contributed by atoms with Crippen molar-refractivity contribution in [3.8, 4) is 11.5 Å². The maximum absolute atomic E-state index is 8.63. The predicted molar refractivity (Wildman–Crippen MR) is 87.7 cm³/mol. The van der Waals surface area contributed by atoms with E-state index in [-0.39, 0.29) is 6.61 Å². The fraction of sp³-hybridized carbons (Fsp3) is 0.529. The van der Waals surface area contributed by atoms with Gasteiger partial charge >= 0.3 is 0 Å². The summed E-state index contributed by atoms with van der Waals surface area (Å²) in [5.74, 6) is 1.54. The van der Waals surface area contributed by atoms with Gasteiger partial charge in [0.05, 0.1) is 33.5 Å². The third-order valence-electron chi connectivity index (χ3n) is 3.05. The first-order valence-corrected chi connectivity index (χ1v) is 7.59. The predicted octanol–water partition coefficient (Wildman–Crippen LogP) is 1.92. The van der Waals surface area contributed by atoms with E-state index in [9.17, 15) is 0 Å². The van der Waals surface area contributed by atoms with Crippen molar-refractivity contribution >= 4 is 0 Å². The van der Waals surface area contributed by atoms with Crippen LogP contribution in [0.3, 0.4) is 0 Å². The Hall–Kier alpha value is -1.56. The Labute approximate surface area is 132 Å². The second-order valence-corrected chi connectivity index (χ2v) is 4.72. The molecule has 0 spiro atoms. The minimum absolute atomic E-state index is 0.0566.